The number of aromatic amines is 1. The van der Waals surface area contributed by atoms with Gasteiger partial charge in [0.05, 0.1) is 5.56 Å². The summed E-state index contributed by atoms with van der Waals surface area (Å²) in [4.78, 5) is 3.45. The van der Waals surface area contributed by atoms with Crippen molar-refractivity contribution in [3.05, 3.63) is 40.3 Å². The standard InChI is InChI=1S/C10H5F6N3S/c11-9(12,13)5-1-2-7(17-4-5)19-8(20)3-6(18-19)10(14,15)16/h1-4,18H. The summed E-state index contributed by atoms with van der Waals surface area (Å²) in [5.41, 5.74) is -2.11. The summed E-state index contributed by atoms with van der Waals surface area (Å²) in [6.45, 7) is 0. The van der Waals surface area contributed by atoms with Gasteiger partial charge in [0.2, 0.25) is 0 Å². The van der Waals surface area contributed by atoms with E-state index in [1.54, 1.807) is 0 Å². The van der Waals surface area contributed by atoms with Gasteiger partial charge in [0.15, 0.2) is 5.82 Å². The molecule has 1 N–H and O–H groups in total. The number of rotatable bonds is 1. The molecule has 0 aliphatic carbocycles. The molecule has 2 rings (SSSR count). The first-order valence-electron chi connectivity index (χ1n) is 5.02. The van der Waals surface area contributed by atoms with Crippen molar-refractivity contribution in [1.29, 1.82) is 0 Å². The predicted octanol–water partition coefficient (Wildman–Crippen LogP) is 3.97. The molecule has 2 heterocycles. The minimum Gasteiger partial charge on any atom is -0.287 e. The lowest BCUT2D eigenvalue weighted by Crippen LogP contribution is -2.09. The van der Waals surface area contributed by atoms with E-state index >= 15 is 0 Å². The highest BCUT2D eigenvalue weighted by molar-refractivity contribution is 7.71. The highest BCUT2D eigenvalue weighted by Crippen LogP contribution is 2.30. The van der Waals surface area contributed by atoms with Gasteiger partial charge in [-0.25, -0.2) is 9.67 Å². The summed E-state index contributed by atoms with van der Waals surface area (Å²) in [6, 6.07) is 2.29. The van der Waals surface area contributed by atoms with E-state index in [1.807, 2.05) is 5.10 Å². The third-order valence-corrected chi connectivity index (χ3v) is 2.63. The maximum absolute atomic E-state index is 12.5. The first kappa shape index (κ1) is 14.6. The van der Waals surface area contributed by atoms with Crippen molar-refractivity contribution in [3.63, 3.8) is 0 Å². The molecule has 20 heavy (non-hydrogen) atoms. The molecule has 0 saturated heterocycles. The first-order chi connectivity index (χ1) is 9.09. The molecule has 10 heteroatoms. The van der Waals surface area contributed by atoms with Gasteiger partial charge in [-0.05, 0) is 12.1 Å². The fourth-order valence-electron chi connectivity index (χ4n) is 1.40. The van der Waals surface area contributed by atoms with E-state index in [1.165, 1.54) is 0 Å². The fraction of sp³-hybridized carbons (Fsp3) is 0.200. The van der Waals surface area contributed by atoms with Crippen molar-refractivity contribution in [1.82, 2.24) is 14.8 Å². The van der Waals surface area contributed by atoms with Crippen LogP contribution in [0.4, 0.5) is 26.3 Å². The van der Waals surface area contributed by atoms with Gasteiger partial charge in [-0.3, -0.25) is 5.10 Å². The Morgan fingerprint density at radius 2 is 1.70 bits per heavy atom. The SMILES string of the molecule is FC(F)(F)c1ccc(-n2[nH]c(C(F)(F)F)cc2=S)nc1. The number of nitrogens with one attached hydrogen (secondary N) is 1. The summed E-state index contributed by atoms with van der Waals surface area (Å²) in [5, 5.41) is 1.94. The van der Waals surface area contributed by atoms with Crippen LogP contribution in [0.15, 0.2) is 24.4 Å². The molecule has 0 saturated carbocycles. The Kier molecular flexibility index (Phi) is 3.36. The van der Waals surface area contributed by atoms with E-state index in [4.69, 9.17) is 12.2 Å². The van der Waals surface area contributed by atoms with E-state index < -0.39 is 23.6 Å². The summed E-state index contributed by atoms with van der Waals surface area (Å²) < 4.78 is 74.9. The molecular weight excluding hydrogens is 308 g/mol. The molecule has 0 bridgehead atoms. The Morgan fingerprint density at radius 3 is 2.10 bits per heavy atom. The molecule has 0 aliphatic heterocycles. The smallest absolute Gasteiger partial charge is 0.287 e. The Bertz CT molecular complexity index is 664. The zero-order valence-corrected chi connectivity index (χ0v) is 10.2. The Balaban J connectivity index is 2.43. The molecule has 0 unspecified atom stereocenters. The van der Waals surface area contributed by atoms with Crippen LogP contribution in [-0.4, -0.2) is 14.8 Å². The molecular formula is C10H5F6N3S. The van der Waals surface area contributed by atoms with Gasteiger partial charge in [-0.1, -0.05) is 12.2 Å². The van der Waals surface area contributed by atoms with Crippen molar-refractivity contribution >= 4 is 12.2 Å². The average molecular weight is 313 g/mol. The number of hydrogen-bond acceptors (Lipinski definition) is 2. The highest BCUT2D eigenvalue weighted by atomic mass is 32.1. The molecule has 0 radical (unpaired) electrons. The van der Waals surface area contributed by atoms with Crippen LogP contribution in [0.3, 0.4) is 0 Å². The quantitative estimate of drug-likeness (QED) is 0.638. The van der Waals surface area contributed by atoms with Crippen LogP contribution in [0.2, 0.25) is 0 Å². The van der Waals surface area contributed by atoms with Crippen molar-refractivity contribution in [2.75, 3.05) is 0 Å². The Morgan fingerprint density at radius 1 is 1.05 bits per heavy atom. The zero-order chi connectivity index (χ0) is 15.1. The van der Waals surface area contributed by atoms with Crippen molar-refractivity contribution in [2.24, 2.45) is 0 Å². The number of halogens is 6. The second-order valence-electron chi connectivity index (χ2n) is 3.74. The van der Waals surface area contributed by atoms with E-state index in [9.17, 15) is 26.3 Å². The van der Waals surface area contributed by atoms with Crippen molar-refractivity contribution in [3.8, 4) is 5.82 Å². The summed E-state index contributed by atoms with van der Waals surface area (Å²) in [6.07, 6.45) is -8.68. The number of nitrogens with zero attached hydrogens (tertiary/aromatic N) is 2. The van der Waals surface area contributed by atoms with Crippen LogP contribution in [0, 0.1) is 4.64 Å². The minimum atomic E-state index is -4.63. The van der Waals surface area contributed by atoms with Gasteiger partial charge >= 0.3 is 12.4 Å². The normalized spacial score (nSPS) is 12.7. The Hall–Kier alpha value is -1.84. The van der Waals surface area contributed by atoms with Crippen molar-refractivity contribution in [2.45, 2.75) is 12.4 Å². The minimum absolute atomic E-state index is 0.168. The molecule has 0 fully saturated rings. The van der Waals surface area contributed by atoms with E-state index in [0.29, 0.717) is 18.3 Å². The van der Waals surface area contributed by atoms with Crippen molar-refractivity contribution < 1.29 is 26.3 Å². The fourth-order valence-corrected chi connectivity index (χ4v) is 1.65. The molecule has 0 aliphatic rings. The van der Waals surface area contributed by atoms with Crippen LogP contribution < -0.4 is 0 Å². The maximum atomic E-state index is 12.5. The van der Waals surface area contributed by atoms with Crippen LogP contribution in [0.25, 0.3) is 5.82 Å². The average Bonchev–Trinajstić information content (AvgIpc) is 2.70. The molecule has 2 aromatic rings. The monoisotopic (exact) mass is 313 g/mol. The number of pyridine rings is 1. The predicted molar refractivity (Wildman–Crippen MR) is 58.8 cm³/mol. The summed E-state index contributed by atoms with van der Waals surface area (Å²) in [7, 11) is 0. The van der Waals surface area contributed by atoms with Gasteiger partial charge < -0.3 is 0 Å². The second-order valence-corrected chi connectivity index (χ2v) is 4.16. The lowest BCUT2D eigenvalue weighted by Gasteiger charge is -2.07. The molecule has 0 spiro atoms. The molecule has 108 valence electrons. The molecule has 0 amide bonds. The van der Waals surface area contributed by atoms with Gasteiger partial charge in [0, 0.05) is 12.3 Å². The highest BCUT2D eigenvalue weighted by Gasteiger charge is 2.33. The third kappa shape index (κ3) is 2.84. The molecule has 2 aromatic heterocycles. The van der Waals surface area contributed by atoms with Gasteiger partial charge in [-0.2, -0.15) is 26.3 Å². The topological polar surface area (TPSA) is 33.6 Å². The van der Waals surface area contributed by atoms with Gasteiger partial charge in [0.1, 0.15) is 10.3 Å². The van der Waals surface area contributed by atoms with E-state index in [2.05, 4.69) is 4.98 Å². The maximum Gasteiger partial charge on any atom is 0.432 e. The first-order valence-corrected chi connectivity index (χ1v) is 5.43. The van der Waals surface area contributed by atoms with Crippen LogP contribution in [0.5, 0.6) is 0 Å². The number of hydrogen-bond donors (Lipinski definition) is 1. The largest absolute Gasteiger partial charge is 0.432 e. The third-order valence-electron chi connectivity index (χ3n) is 2.33. The van der Waals surface area contributed by atoms with Crippen LogP contribution >= 0.6 is 12.2 Å². The van der Waals surface area contributed by atoms with E-state index in [-0.39, 0.29) is 10.5 Å². The second kappa shape index (κ2) is 4.62. The Labute approximate surface area is 112 Å². The number of alkyl halides is 6. The lowest BCUT2D eigenvalue weighted by molar-refractivity contribution is -0.141. The zero-order valence-electron chi connectivity index (χ0n) is 9.38. The van der Waals surface area contributed by atoms with Gasteiger partial charge in [-0.15, -0.1) is 0 Å². The number of aromatic nitrogens is 3. The summed E-state index contributed by atoms with van der Waals surface area (Å²) >= 11 is 4.70. The van der Waals surface area contributed by atoms with Crippen LogP contribution in [0.1, 0.15) is 11.3 Å². The molecule has 0 aromatic carbocycles. The van der Waals surface area contributed by atoms with Gasteiger partial charge in [0.25, 0.3) is 0 Å². The van der Waals surface area contributed by atoms with E-state index in [0.717, 1.165) is 10.7 Å². The summed E-state index contributed by atoms with van der Waals surface area (Å²) in [5.74, 6) is -0.168. The number of H-pyrrole nitrogens is 1. The molecule has 3 nitrogen and oxygen atoms in total. The molecule has 0 atom stereocenters. The lowest BCUT2D eigenvalue weighted by atomic mass is 10.3. The van der Waals surface area contributed by atoms with Crippen LogP contribution in [-0.2, 0) is 12.4 Å².